The summed E-state index contributed by atoms with van der Waals surface area (Å²) in [6.07, 6.45) is 1.81. The average Bonchev–Trinajstić information content (AvgIpc) is 3.29. The number of nitrogens with zero attached hydrogens (tertiary/aromatic N) is 4. The molecule has 1 amide bonds. The smallest absolute Gasteiger partial charge is 0.287 e. The van der Waals surface area contributed by atoms with Crippen LogP contribution in [0.4, 0.5) is 5.13 Å². The van der Waals surface area contributed by atoms with E-state index in [-0.39, 0.29) is 23.9 Å². The predicted molar refractivity (Wildman–Crippen MR) is 102 cm³/mol. The van der Waals surface area contributed by atoms with Gasteiger partial charge in [0.15, 0.2) is 22.3 Å². The Hall–Kier alpha value is -2.04. The van der Waals surface area contributed by atoms with Crippen LogP contribution in [0.3, 0.4) is 0 Å². The molecule has 2 atom stereocenters. The van der Waals surface area contributed by atoms with Crippen molar-refractivity contribution in [2.45, 2.75) is 38.8 Å². The van der Waals surface area contributed by atoms with E-state index in [1.54, 1.807) is 0 Å². The van der Waals surface area contributed by atoms with E-state index < -0.39 is 0 Å². The van der Waals surface area contributed by atoms with Gasteiger partial charge in [-0.05, 0) is 19.8 Å². The van der Waals surface area contributed by atoms with Gasteiger partial charge in [0.25, 0.3) is 5.91 Å². The van der Waals surface area contributed by atoms with E-state index in [1.165, 1.54) is 11.3 Å². The van der Waals surface area contributed by atoms with Gasteiger partial charge in [-0.15, -0.1) is 10.2 Å². The molecule has 0 saturated carbocycles. The van der Waals surface area contributed by atoms with Crippen LogP contribution in [0.2, 0.25) is 5.15 Å². The molecule has 9 nitrogen and oxygen atoms in total. The lowest BCUT2D eigenvalue weighted by Crippen LogP contribution is -2.55. The Kier molecular flexibility index (Phi) is 6.40. The first-order valence-corrected chi connectivity index (χ1v) is 9.95. The maximum absolute atomic E-state index is 12.5. The molecule has 27 heavy (non-hydrogen) atoms. The molecule has 0 aromatic carbocycles. The Morgan fingerprint density at radius 2 is 2.30 bits per heavy atom. The first kappa shape index (κ1) is 19.7. The summed E-state index contributed by atoms with van der Waals surface area (Å²) in [6, 6.07) is -0.166. The standard InChI is InChI=1S/C16H21ClN6O3S/c1-3-9-13(17)20-14(18-9)15(25)19-10-5-6-23(7-11(10)26-4-2)16-22-21-12(8-24)27-16/h8,10-11H,3-7H2,1-2H3,(H,18,20)(H,19,25)/t10-,11+/m1/s1. The highest BCUT2D eigenvalue weighted by molar-refractivity contribution is 7.16. The molecule has 2 aromatic rings. The third-order valence-corrected chi connectivity index (χ3v) is 5.58. The third-order valence-electron chi connectivity index (χ3n) is 4.35. The topological polar surface area (TPSA) is 113 Å². The average molecular weight is 413 g/mol. The fourth-order valence-electron chi connectivity index (χ4n) is 3.01. The van der Waals surface area contributed by atoms with Crippen molar-refractivity contribution in [1.82, 2.24) is 25.5 Å². The maximum Gasteiger partial charge on any atom is 0.287 e. The molecule has 3 heterocycles. The fraction of sp³-hybridized carbons (Fsp3) is 0.562. The van der Waals surface area contributed by atoms with Gasteiger partial charge in [0, 0.05) is 19.7 Å². The summed E-state index contributed by atoms with van der Waals surface area (Å²) in [5, 5.41) is 12.2. The number of amides is 1. The molecule has 0 unspecified atom stereocenters. The molecule has 1 fully saturated rings. The number of halogens is 1. The van der Waals surface area contributed by atoms with Crippen molar-refractivity contribution in [3.8, 4) is 0 Å². The number of aldehydes is 1. The minimum Gasteiger partial charge on any atom is -0.375 e. The van der Waals surface area contributed by atoms with E-state index >= 15 is 0 Å². The van der Waals surface area contributed by atoms with Gasteiger partial charge in [0.1, 0.15) is 0 Å². The summed E-state index contributed by atoms with van der Waals surface area (Å²) in [5.41, 5.74) is 0.736. The van der Waals surface area contributed by atoms with Crippen LogP contribution in [-0.2, 0) is 11.2 Å². The van der Waals surface area contributed by atoms with Crippen molar-refractivity contribution in [2.24, 2.45) is 0 Å². The highest BCUT2D eigenvalue weighted by Gasteiger charge is 2.33. The molecule has 0 aliphatic carbocycles. The highest BCUT2D eigenvalue weighted by Crippen LogP contribution is 2.25. The molecule has 1 aliphatic heterocycles. The zero-order chi connectivity index (χ0) is 19.4. The largest absolute Gasteiger partial charge is 0.375 e. The molecule has 146 valence electrons. The van der Waals surface area contributed by atoms with Gasteiger partial charge in [-0.25, -0.2) is 4.98 Å². The fourth-order valence-corrected chi connectivity index (χ4v) is 3.97. The second-order valence-electron chi connectivity index (χ2n) is 6.06. The molecule has 3 rings (SSSR count). The third kappa shape index (κ3) is 4.45. The van der Waals surface area contributed by atoms with Crippen molar-refractivity contribution in [2.75, 3.05) is 24.6 Å². The SMILES string of the molecule is CCO[C@H]1CN(c2nnc(C=O)s2)CC[C@H]1NC(=O)c1nc(Cl)c(CC)[nH]1. The minimum atomic E-state index is -0.307. The Morgan fingerprint density at radius 1 is 1.48 bits per heavy atom. The summed E-state index contributed by atoms with van der Waals surface area (Å²) < 4.78 is 5.84. The molecule has 0 bridgehead atoms. The highest BCUT2D eigenvalue weighted by atomic mass is 35.5. The van der Waals surface area contributed by atoms with Crippen LogP contribution in [0, 0.1) is 0 Å². The van der Waals surface area contributed by atoms with Crippen LogP contribution < -0.4 is 10.2 Å². The van der Waals surface area contributed by atoms with Crippen LogP contribution in [0.15, 0.2) is 0 Å². The first-order chi connectivity index (χ1) is 13.0. The summed E-state index contributed by atoms with van der Waals surface area (Å²) in [4.78, 5) is 32.4. The number of aryl methyl sites for hydroxylation is 1. The number of rotatable bonds is 7. The van der Waals surface area contributed by atoms with Gasteiger partial charge in [-0.2, -0.15) is 0 Å². The van der Waals surface area contributed by atoms with Crippen LogP contribution in [-0.4, -0.2) is 64.2 Å². The number of piperidine rings is 1. The van der Waals surface area contributed by atoms with Crippen LogP contribution in [0.5, 0.6) is 0 Å². The number of nitrogens with one attached hydrogen (secondary N) is 2. The maximum atomic E-state index is 12.5. The monoisotopic (exact) mass is 412 g/mol. The van der Waals surface area contributed by atoms with Crippen molar-refractivity contribution >= 4 is 40.3 Å². The zero-order valence-corrected chi connectivity index (χ0v) is 16.6. The van der Waals surface area contributed by atoms with Crippen molar-refractivity contribution < 1.29 is 14.3 Å². The number of hydrogen-bond acceptors (Lipinski definition) is 8. The van der Waals surface area contributed by atoms with Crippen LogP contribution >= 0.6 is 22.9 Å². The number of anilines is 1. The number of imidazole rings is 1. The number of carbonyl (C=O) groups is 2. The van der Waals surface area contributed by atoms with Gasteiger partial charge in [0.05, 0.1) is 17.8 Å². The summed E-state index contributed by atoms with van der Waals surface area (Å²) in [5.74, 6) is -0.104. The van der Waals surface area contributed by atoms with E-state index in [0.29, 0.717) is 54.1 Å². The molecule has 2 aromatic heterocycles. The Bertz CT molecular complexity index is 810. The lowest BCUT2D eigenvalue weighted by Gasteiger charge is -2.38. The van der Waals surface area contributed by atoms with Gasteiger partial charge in [-0.1, -0.05) is 29.9 Å². The van der Waals surface area contributed by atoms with Gasteiger partial charge >= 0.3 is 0 Å². The lowest BCUT2D eigenvalue weighted by molar-refractivity contribution is 0.0271. The Labute approximate surface area is 165 Å². The molecule has 1 saturated heterocycles. The molecule has 1 aliphatic rings. The molecule has 0 spiro atoms. The second-order valence-corrected chi connectivity index (χ2v) is 7.40. The summed E-state index contributed by atoms with van der Waals surface area (Å²) in [6.45, 7) is 5.58. The summed E-state index contributed by atoms with van der Waals surface area (Å²) >= 11 is 7.26. The quantitative estimate of drug-likeness (QED) is 0.665. The Balaban J connectivity index is 1.67. The molecule has 2 N–H and O–H groups in total. The molecule has 0 radical (unpaired) electrons. The molecular formula is C16H21ClN6O3S. The van der Waals surface area contributed by atoms with E-state index in [4.69, 9.17) is 16.3 Å². The number of aromatic amines is 1. The predicted octanol–water partition coefficient (Wildman–Crippen LogP) is 1.70. The normalized spacial score (nSPS) is 19.9. The number of hydrogen-bond donors (Lipinski definition) is 2. The lowest BCUT2D eigenvalue weighted by atomic mass is 10.0. The van der Waals surface area contributed by atoms with Gasteiger partial charge in [-0.3, -0.25) is 9.59 Å². The zero-order valence-electron chi connectivity index (χ0n) is 15.1. The van der Waals surface area contributed by atoms with E-state index in [9.17, 15) is 9.59 Å². The van der Waals surface area contributed by atoms with Crippen LogP contribution in [0.25, 0.3) is 0 Å². The first-order valence-electron chi connectivity index (χ1n) is 8.76. The van der Waals surface area contributed by atoms with Crippen LogP contribution in [0.1, 0.15) is 46.4 Å². The van der Waals surface area contributed by atoms with Crippen molar-refractivity contribution in [3.05, 3.63) is 21.7 Å². The van der Waals surface area contributed by atoms with Gasteiger partial charge in [0.2, 0.25) is 5.13 Å². The number of H-pyrrole nitrogens is 1. The number of carbonyl (C=O) groups excluding carboxylic acids is 2. The van der Waals surface area contributed by atoms with E-state index in [0.717, 1.165) is 5.69 Å². The molecule has 11 heteroatoms. The van der Waals surface area contributed by atoms with E-state index in [2.05, 4.69) is 25.5 Å². The van der Waals surface area contributed by atoms with Gasteiger partial charge < -0.3 is 19.9 Å². The number of ether oxygens (including phenoxy) is 1. The Morgan fingerprint density at radius 3 is 2.93 bits per heavy atom. The van der Waals surface area contributed by atoms with Crippen molar-refractivity contribution in [1.29, 1.82) is 0 Å². The number of aromatic nitrogens is 4. The summed E-state index contributed by atoms with van der Waals surface area (Å²) in [7, 11) is 0. The minimum absolute atomic E-state index is 0.166. The van der Waals surface area contributed by atoms with Crippen molar-refractivity contribution in [3.63, 3.8) is 0 Å². The second kappa shape index (κ2) is 8.77. The van der Waals surface area contributed by atoms with E-state index in [1.807, 2.05) is 18.7 Å². The molecular weight excluding hydrogens is 392 g/mol.